The fraction of sp³-hybridized carbons (Fsp3) is 0.261. The van der Waals surface area contributed by atoms with Crippen molar-refractivity contribution < 1.29 is 17.7 Å². The highest BCUT2D eigenvalue weighted by atomic mass is 35.5. The number of hydrogen-bond acceptors (Lipinski definition) is 6. The van der Waals surface area contributed by atoms with Crippen molar-refractivity contribution in [2.45, 2.75) is 31.6 Å². The van der Waals surface area contributed by atoms with E-state index in [1.165, 1.54) is 12.1 Å². The van der Waals surface area contributed by atoms with E-state index in [9.17, 15) is 13.2 Å². The van der Waals surface area contributed by atoms with E-state index in [1.54, 1.807) is 15.8 Å². The summed E-state index contributed by atoms with van der Waals surface area (Å²) < 4.78 is 45.3. The molecule has 3 N–H and O–H groups in total. The molecule has 2 aromatic carbocycles. The third-order valence-corrected chi connectivity index (χ3v) is 5.89. The second-order valence-corrected chi connectivity index (χ2v) is 8.27. The lowest BCUT2D eigenvalue weighted by Gasteiger charge is -2.21. The molecule has 0 amide bonds. The Bertz CT molecular complexity index is 1330. The zero-order valence-corrected chi connectivity index (χ0v) is 19.6. The van der Waals surface area contributed by atoms with Gasteiger partial charge >= 0.3 is 6.18 Å². The normalized spacial score (nSPS) is 15.6. The lowest BCUT2D eigenvalue weighted by molar-refractivity contribution is -0.137. The van der Waals surface area contributed by atoms with Gasteiger partial charge in [0.25, 0.3) is 0 Å². The maximum absolute atomic E-state index is 12.8. The molecule has 1 atom stereocenters. The molecule has 0 spiro atoms. The number of rotatable bonds is 5. The molecule has 1 aliphatic rings. The minimum Gasteiger partial charge on any atom is -0.370 e. The number of guanidine groups is 1. The molecule has 1 aliphatic heterocycles. The summed E-state index contributed by atoms with van der Waals surface area (Å²) in [6.07, 6.45) is -0.993. The van der Waals surface area contributed by atoms with Crippen molar-refractivity contribution in [1.29, 1.82) is 5.41 Å². The molecule has 9 nitrogen and oxygen atoms in total. The van der Waals surface area contributed by atoms with Gasteiger partial charge in [-0.25, -0.2) is 4.68 Å². The van der Waals surface area contributed by atoms with Crippen LogP contribution in [0.25, 0.3) is 22.6 Å². The van der Waals surface area contributed by atoms with Crippen LogP contribution in [0.4, 0.5) is 13.2 Å². The minimum absolute atomic E-state index is 0. The molecular weight excluding hydrogens is 497 g/mol. The summed E-state index contributed by atoms with van der Waals surface area (Å²) >= 11 is 0. The van der Waals surface area contributed by atoms with Gasteiger partial charge in [0, 0.05) is 17.7 Å². The van der Waals surface area contributed by atoms with Gasteiger partial charge in [-0.05, 0) is 30.5 Å². The number of nitrogens with zero attached hydrogens (tertiary/aromatic N) is 6. The molecule has 1 fully saturated rings. The van der Waals surface area contributed by atoms with E-state index in [0.29, 0.717) is 36.1 Å². The number of likely N-dealkylation sites (tertiary alicyclic amines) is 1. The molecule has 13 heteroatoms. The van der Waals surface area contributed by atoms with Crippen LogP contribution in [0.15, 0.2) is 59.3 Å². The first-order valence-electron chi connectivity index (χ1n) is 10.9. The van der Waals surface area contributed by atoms with E-state index in [0.717, 1.165) is 36.1 Å². The van der Waals surface area contributed by atoms with Crippen molar-refractivity contribution in [3.8, 4) is 22.6 Å². The average Bonchev–Trinajstić information content (AvgIpc) is 3.59. The van der Waals surface area contributed by atoms with Crippen LogP contribution in [-0.4, -0.2) is 42.5 Å². The highest BCUT2D eigenvalue weighted by molar-refractivity contribution is 5.85. The van der Waals surface area contributed by atoms with Crippen LogP contribution in [0.3, 0.4) is 0 Å². The Labute approximate surface area is 210 Å². The Hall–Kier alpha value is -3.93. The zero-order chi connectivity index (χ0) is 24.6. The lowest BCUT2D eigenvalue weighted by Crippen LogP contribution is -2.35. The number of alkyl halides is 3. The molecule has 1 unspecified atom stereocenters. The fourth-order valence-electron chi connectivity index (χ4n) is 4.08. The van der Waals surface area contributed by atoms with E-state index in [1.807, 2.05) is 24.3 Å². The van der Waals surface area contributed by atoms with Crippen LogP contribution in [0, 0.1) is 5.41 Å². The first kappa shape index (κ1) is 25.2. The standard InChI is InChI=1S/C23H21F3N8O.ClH/c24-23(25,26)17-9-7-15(8-10-17)18-13-33(32-30-18)12-14-3-5-16(6-4-14)20-29-21(35-31-20)19-2-1-11-34(19)22(27)28;/h3-10,13,19H,1-2,11-12H2,(H3,27,28);1H. The first-order valence-corrected chi connectivity index (χ1v) is 10.9. The minimum atomic E-state index is -4.38. The van der Waals surface area contributed by atoms with E-state index < -0.39 is 11.7 Å². The van der Waals surface area contributed by atoms with Crippen LogP contribution >= 0.6 is 12.4 Å². The van der Waals surface area contributed by atoms with Gasteiger partial charge in [-0.2, -0.15) is 18.2 Å². The molecule has 3 heterocycles. The quantitative estimate of drug-likeness (QED) is 0.294. The molecule has 2 aromatic heterocycles. The van der Waals surface area contributed by atoms with Crippen LogP contribution in [0.1, 0.15) is 35.9 Å². The largest absolute Gasteiger partial charge is 0.416 e. The molecule has 188 valence electrons. The molecular formula is C23H22ClF3N8O. The molecule has 0 aliphatic carbocycles. The van der Waals surface area contributed by atoms with Crippen LogP contribution in [0.2, 0.25) is 0 Å². The first-order chi connectivity index (χ1) is 16.8. The number of halogens is 4. The van der Waals surface area contributed by atoms with Gasteiger partial charge in [0.15, 0.2) is 5.96 Å². The summed E-state index contributed by atoms with van der Waals surface area (Å²) in [5.74, 6) is 0.883. The van der Waals surface area contributed by atoms with E-state index in [4.69, 9.17) is 15.7 Å². The van der Waals surface area contributed by atoms with Crippen LogP contribution in [-0.2, 0) is 12.7 Å². The second-order valence-electron chi connectivity index (χ2n) is 8.27. The summed E-state index contributed by atoms with van der Waals surface area (Å²) in [6, 6.07) is 12.2. The summed E-state index contributed by atoms with van der Waals surface area (Å²) in [4.78, 5) is 6.24. The molecule has 0 bridgehead atoms. The van der Waals surface area contributed by atoms with Gasteiger partial charge in [0.2, 0.25) is 11.7 Å². The Kier molecular flexibility index (Phi) is 6.97. The summed E-state index contributed by atoms with van der Waals surface area (Å²) in [5, 5.41) is 19.9. The maximum Gasteiger partial charge on any atom is 0.416 e. The topological polar surface area (TPSA) is 123 Å². The van der Waals surface area contributed by atoms with Gasteiger partial charge in [-0.15, -0.1) is 17.5 Å². The SMILES string of the molecule is Cl.N=C(N)N1CCCC1c1nc(-c2ccc(Cn3cc(-c4ccc(C(F)(F)F)cc4)nn3)cc2)no1. The highest BCUT2D eigenvalue weighted by Gasteiger charge is 2.32. The smallest absolute Gasteiger partial charge is 0.370 e. The number of aromatic nitrogens is 5. The van der Waals surface area contributed by atoms with Crippen LogP contribution in [0.5, 0.6) is 0 Å². The summed E-state index contributed by atoms with van der Waals surface area (Å²) in [7, 11) is 0. The molecule has 0 saturated carbocycles. The van der Waals surface area contributed by atoms with Crippen molar-refractivity contribution in [3.05, 3.63) is 71.7 Å². The number of benzene rings is 2. The molecule has 4 aromatic rings. The summed E-state index contributed by atoms with van der Waals surface area (Å²) in [6.45, 7) is 1.12. The highest BCUT2D eigenvalue weighted by Crippen LogP contribution is 2.32. The molecule has 0 radical (unpaired) electrons. The molecule has 36 heavy (non-hydrogen) atoms. The number of nitrogens with one attached hydrogen (secondary N) is 1. The van der Waals surface area contributed by atoms with Crippen LogP contribution < -0.4 is 5.73 Å². The van der Waals surface area contributed by atoms with Crippen molar-refractivity contribution in [2.24, 2.45) is 5.73 Å². The Morgan fingerprint density at radius 1 is 1.08 bits per heavy atom. The second kappa shape index (κ2) is 9.97. The third-order valence-electron chi connectivity index (χ3n) is 5.89. The zero-order valence-electron chi connectivity index (χ0n) is 18.8. The van der Waals surface area contributed by atoms with E-state index >= 15 is 0 Å². The van der Waals surface area contributed by atoms with Gasteiger partial charge in [-0.3, -0.25) is 5.41 Å². The van der Waals surface area contributed by atoms with Gasteiger partial charge < -0.3 is 15.2 Å². The van der Waals surface area contributed by atoms with Crippen molar-refractivity contribution in [2.75, 3.05) is 6.54 Å². The Balaban J connectivity index is 0.00000304. The Morgan fingerprint density at radius 3 is 2.44 bits per heavy atom. The monoisotopic (exact) mass is 518 g/mol. The number of nitrogens with two attached hydrogens (primary N) is 1. The van der Waals surface area contributed by atoms with Crippen molar-refractivity contribution >= 4 is 18.4 Å². The van der Waals surface area contributed by atoms with Gasteiger partial charge in [0.1, 0.15) is 11.7 Å². The van der Waals surface area contributed by atoms with E-state index in [-0.39, 0.29) is 24.4 Å². The maximum atomic E-state index is 12.8. The lowest BCUT2D eigenvalue weighted by atomic mass is 10.1. The van der Waals surface area contributed by atoms with E-state index in [2.05, 4.69) is 20.5 Å². The molecule has 1 saturated heterocycles. The van der Waals surface area contributed by atoms with Gasteiger partial charge in [0.05, 0.1) is 18.3 Å². The summed E-state index contributed by atoms with van der Waals surface area (Å²) in [5.41, 5.74) is 7.70. The van der Waals surface area contributed by atoms with Gasteiger partial charge in [-0.1, -0.05) is 46.8 Å². The predicted octanol–water partition coefficient (Wildman–Crippen LogP) is 4.51. The van der Waals surface area contributed by atoms with Crippen molar-refractivity contribution in [1.82, 2.24) is 30.0 Å². The Morgan fingerprint density at radius 2 is 1.78 bits per heavy atom. The van der Waals surface area contributed by atoms with Crippen molar-refractivity contribution in [3.63, 3.8) is 0 Å². The fourth-order valence-corrected chi connectivity index (χ4v) is 4.08. The predicted molar refractivity (Wildman–Crippen MR) is 127 cm³/mol. The third kappa shape index (κ3) is 5.18. The molecule has 5 rings (SSSR count). The number of hydrogen-bond donors (Lipinski definition) is 2. The average molecular weight is 519 g/mol.